The molecule has 1 aromatic carbocycles. The zero-order valence-electron chi connectivity index (χ0n) is 18.0. The summed E-state index contributed by atoms with van der Waals surface area (Å²) in [6, 6.07) is 6.03. The summed E-state index contributed by atoms with van der Waals surface area (Å²) in [7, 11) is 0. The van der Waals surface area contributed by atoms with Gasteiger partial charge in [-0.15, -0.1) is 0 Å². The number of carbonyl (C=O) groups is 3. The molecule has 2 saturated heterocycles. The first-order valence-corrected chi connectivity index (χ1v) is 11.7. The van der Waals surface area contributed by atoms with Crippen LogP contribution in [0.5, 0.6) is 0 Å². The summed E-state index contributed by atoms with van der Waals surface area (Å²) in [4.78, 5) is 38.1. The van der Waals surface area contributed by atoms with Crippen molar-refractivity contribution >= 4 is 17.7 Å². The molecule has 3 N–H and O–H groups in total. The van der Waals surface area contributed by atoms with Crippen molar-refractivity contribution in [1.29, 1.82) is 0 Å². The van der Waals surface area contributed by atoms with Crippen molar-refractivity contribution in [2.75, 3.05) is 13.1 Å². The fourth-order valence-corrected chi connectivity index (χ4v) is 5.89. The highest BCUT2D eigenvalue weighted by molar-refractivity contribution is 6.05. The fourth-order valence-electron chi connectivity index (χ4n) is 5.89. The predicted octanol–water partition coefficient (Wildman–Crippen LogP) is 1.85. The number of hydrogen-bond acceptors (Lipinski definition) is 5. The van der Waals surface area contributed by atoms with Crippen LogP contribution in [0.2, 0.25) is 0 Å². The zero-order chi connectivity index (χ0) is 21.4. The maximum absolute atomic E-state index is 12.8. The second-order valence-electron chi connectivity index (χ2n) is 9.80. The number of benzene rings is 1. The minimum atomic E-state index is -0.552. The Kier molecular flexibility index (Phi) is 5.56. The molecule has 4 aliphatic rings. The molecule has 3 heterocycles. The number of nitrogens with one attached hydrogen (secondary N) is 3. The van der Waals surface area contributed by atoms with E-state index >= 15 is 0 Å². The number of imide groups is 1. The molecule has 7 nitrogen and oxygen atoms in total. The minimum absolute atomic E-state index is 0.108. The van der Waals surface area contributed by atoms with Crippen LogP contribution < -0.4 is 16.0 Å². The normalized spacial score (nSPS) is 26.3. The number of nitrogens with zero attached hydrogens (tertiary/aromatic N) is 1. The summed E-state index contributed by atoms with van der Waals surface area (Å²) in [5.41, 5.74) is 3.42. The molecule has 1 atom stereocenters. The van der Waals surface area contributed by atoms with E-state index in [1.54, 1.807) is 4.90 Å². The van der Waals surface area contributed by atoms with Gasteiger partial charge in [0.25, 0.3) is 5.91 Å². The first-order chi connectivity index (χ1) is 15.0. The Bertz CT molecular complexity index is 883. The molecule has 1 spiro atoms. The van der Waals surface area contributed by atoms with Crippen LogP contribution >= 0.6 is 0 Å². The number of hydrogen-bond donors (Lipinski definition) is 3. The third-order valence-corrected chi connectivity index (χ3v) is 7.89. The van der Waals surface area contributed by atoms with Crippen LogP contribution in [0, 0.1) is 5.41 Å². The quantitative estimate of drug-likeness (QED) is 0.642. The first kappa shape index (κ1) is 20.6. The van der Waals surface area contributed by atoms with Gasteiger partial charge < -0.3 is 15.5 Å². The first-order valence-electron chi connectivity index (χ1n) is 11.7. The van der Waals surface area contributed by atoms with E-state index in [0.717, 1.165) is 12.1 Å². The van der Waals surface area contributed by atoms with Gasteiger partial charge in [-0.05, 0) is 80.6 Å². The van der Waals surface area contributed by atoms with Gasteiger partial charge in [-0.1, -0.05) is 12.1 Å². The summed E-state index contributed by atoms with van der Waals surface area (Å²) in [6.07, 6.45) is 8.46. The molecule has 7 heteroatoms. The van der Waals surface area contributed by atoms with E-state index in [2.05, 4.69) is 22.0 Å². The molecule has 0 bridgehead atoms. The van der Waals surface area contributed by atoms with Crippen LogP contribution in [0.25, 0.3) is 0 Å². The minimum Gasteiger partial charge on any atom is -0.322 e. The lowest BCUT2D eigenvalue weighted by atomic mass is 9.67. The van der Waals surface area contributed by atoms with Gasteiger partial charge in [-0.3, -0.25) is 19.7 Å². The van der Waals surface area contributed by atoms with E-state index in [9.17, 15) is 14.4 Å². The molecule has 3 amide bonds. The van der Waals surface area contributed by atoms with Crippen molar-refractivity contribution in [2.45, 2.75) is 76.5 Å². The van der Waals surface area contributed by atoms with E-state index in [0.29, 0.717) is 30.0 Å². The Hall–Kier alpha value is -2.25. The van der Waals surface area contributed by atoms with Gasteiger partial charge >= 0.3 is 0 Å². The highest BCUT2D eigenvalue weighted by Gasteiger charge is 2.39. The summed E-state index contributed by atoms with van der Waals surface area (Å²) in [5.74, 6) is -0.723. The van der Waals surface area contributed by atoms with E-state index in [-0.39, 0.29) is 24.1 Å². The molecule has 166 valence electrons. The highest BCUT2D eigenvalue weighted by Crippen LogP contribution is 2.43. The molecule has 3 aliphatic heterocycles. The zero-order valence-corrected chi connectivity index (χ0v) is 18.0. The smallest absolute Gasteiger partial charge is 0.255 e. The standard InChI is InChI=1S/C24H32N4O3/c29-21-4-3-20(22(30)27-21)28-15-17-13-16(1-2-19(17)23(28)31)14-26-18-5-7-24(8-6-18)9-11-25-12-10-24/h1-2,13,18,20,25-26H,3-12,14-15H2,(H,27,29,30). The molecule has 1 saturated carbocycles. The molecular weight excluding hydrogens is 392 g/mol. The number of amides is 3. The lowest BCUT2D eigenvalue weighted by molar-refractivity contribution is -0.136. The topological polar surface area (TPSA) is 90.5 Å². The molecular formula is C24H32N4O3. The van der Waals surface area contributed by atoms with Gasteiger partial charge in [0, 0.05) is 31.1 Å². The van der Waals surface area contributed by atoms with Crippen molar-refractivity contribution in [1.82, 2.24) is 20.9 Å². The van der Waals surface area contributed by atoms with Crippen LogP contribution in [0.15, 0.2) is 18.2 Å². The van der Waals surface area contributed by atoms with E-state index in [1.807, 2.05) is 12.1 Å². The number of piperidine rings is 2. The third-order valence-electron chi connectivity index (χ3n) is 7.89. The summed E-state index contributed by atoms with van der Waals surface area (Å²) in [5, 5.41) is 9.58. The Morgan fingerprint density at radius 3 is 2.55 bits per heavy atom. The SMILES string of the molecule is O=C1CCC(N2Cc3cc(CNC4CCC5(CCNCC5)CC4)ccc3C2=O)C(=O)N1. The van der Waals surface area contributed by atoms with Gasteiger partial charge in [-0.2, -0.15) is 0 Å². The average Bonchev–Trinajstić information content (AvgIpc) is 3.10. The number of carbonyl (C=O) groups excluding carboxylic acids is 3. The van der Waals surface area contributed by atoms with Gasteiger partial charge in [0.05, 0.1) is 0 Å². The molecule has 0 aromatic heterocycles. The molecule has 1 unspecified atom stereocenters. The Morgan fingerprint density at radius 2 is 1.81 bits per heavy atom. The van der Waals surface area contributed by atoms with Crippen molar-refractivity contribution < 1.29 is 14.4 Å². The molecule has 0 radical (unpaired) electrons. The molecule has 5 rings (SSSR count). The predicted molar refractivity (Wildman–Crippen MR) is 116 cm³/mol. The maximum Gasteiger partial charge on any atom is 0.255 e. The van der Waals surface area contributed by atoms with Crippen molar-refractivity contribution in [3.63, 3.8) is 0 Å². The van der Waals surface area contributed by atoms with Gasteiger partial charge in [0.2, 0.25) is 11.8 Å². The lowest BCUT2D eigenvalue weighted by Gasteiger charge is -2.43. The van der Waals surface area contributed by atoms with Crippen LogP contribution in [-0.4, -0.2) is 47.8 Å². The summed E-state index contributed by atoms with van der Waals surface area (Å²) < 4.78 is 0. The number of rotatable bonds is 4. The number of fused-ring (bicyclic) bond motifs is 1. The Balaban J connectivity index is 1.17. The van der Waals surface area contributed by atoms with Crippen LogP contribution in [0.4, 0.5) is 0 Å². The van der Waals surface area contributed by atoms with E-state index in [4.69, 9.17) is 0 Å². The molecule has 1 aromatic rings. The van der Waals surface area contributed by atoms with Crippen LogP contribution in [0.1, 0.15) is 72.9 Å². The third kappa shape index (κ3) is 4.13. The molecule has 3 fully saturated rings. The van der Waals surface area contributed by atoms with Crippen LogP contribution in [-0.2, 0) is 22.7 Å². The lowest BCUT2D eigenvalue weighted by Crippen LogP contribution is -2.52. The molecule has 1 aliphatic carbocycles. The van der Waals surface area contributed by atoms with E-state index < -0.39 is 6.04 Å². The van der Waals surface area contributed by atoms with E-state index in [1.165, 1.54) is 57.2 Å². The van der Waals surface area contributed by atoms with Gasteiger partial charge in [0.1, 0.15) is 6.04 Å². The second kappa shape index (κ2) is 8.36. The van der Waals surface area contributed by atoms with Crippen molar-refractivity contribution in [3.05, 3.63) is 34.9 Å². The fraction of sp³-hybridized carbons (Fsp3) is 0.625. The Labute approximate surface area is 183 Å². The second-order valence-corrected chi connectivity index (χ2v) is 9.80. The van der Waals surface area contributed by atoms with Crippen LogP contribution in [0.3, 0.4) is 0 Å². The monoisotopic (exact) mass is 424 g/mol. The maximum atomic E-state index is 12.8. The van der Waals surface area contributed by atoms with Gasteiger partial charge in [0.15, 0.2) is 0 Å². The average molecular weight is 425 g/mol. The summed E-state index contributed by atoms with van der Waals surface area (Å²) in [6.45, 7) is 3.58. The highest BCUT2D eigenvalue weighted by atomic mass is 16.2. The summed E-state index contributed by atoms with van der Waals surface area (Å²) >= 11 is 0. The largest absolute Gasteiger partial charge is 0.322 e. The van der Waals surface area contributed by atoms with Crippen molar-refractivity contribution in [2.24, 2.45) is 5.41 Å². The van der Waals surface area contributed by atoms with Crippen molar-refractivity contribution in [3.8, 4) is 0 Å². The van der Waals surface area contributed by atoms with Gasteiger partial charge in [-0.25, -0.2) is 0 Å². The Morgan fingerprint density at radius 1 is 1.03 bits per heavy atom. The molecule has 31 heavy (non-hydrogen) atoms.